The van der Waals surface area contributed by atoms with Crippen molar-refractivity contribution in [1.29, 1.82) is 0 Å². The summed E-state index contributed by atoms with van der Waals surface area (Å²) in [5.74, 6) is 2.60. The Kier molecular flexibility index (Phi) is 4.14. The van der Waals surface area contributed by atoms with Gasteiger partial charge in [0.05, 0.1) is 12.8 Å². The van der Waals surface area contributed by atoms with Crippen molar-refractivity contribution in [3.63, 3.8) is 0 Å². The lowest BCUT2D eigenvalue weighted by Gasteiger charge is -2.35. The van der Waals surface area contributed by atoms with Crippen LogP contribution in [0.15, 0.2) is 36.8 Å². The van der Waals surface area contributed by atoms with Crippen molar-refractivity contribution in [2.75, 3.05) is 42.6 Å². The summed E-state index contributed by atoms with van der Waals surface area (Å²) in [4.78, 5) is 17.5. The molecule has 1 aliphatic heterocycles. The van der Waals surface area contributed by atoms with E-state index in [4.69, 9.17) is 4.74 Å². The fourth-order valence-electron chi connectivity index (χ4n) is 2.43. The summed E-state index contributed by atoms with van der Waals surface area (Å²) in [5, 5.41) is 0. The molecule has 0 radical (unpaired) electrons. The van der Waals surface area contributed by atoms with E-state index in [-0.39, 0.29) is 0 Å². The van der Waals surface area contributed by atoms with E-state index in [1.807, 2.05) is 31.3 Å². The molecule has 0 atom stereocenters. The third kappa shape index (κ3) is 3.21. The number of piperazine rings is 1. The van der Waals surface area contributed by atoms with E-state index in [0.717, 1.165) is 37.8 Å². The second kappa shape index (κ2) is 6.39. The van der Waals surface area contributed by atoms with Gasteiger partial charge in [0.1, 0.15) is 11.6 Å². The molecule has 1 saturated heterocycles. The highest BCUT2D eigenvalue weighted by atomic mass is 16.5. The molecular formula is C15H19N5O. The molecule has 3 heterocycles. The van der Waals surface area contributed by atoms with Crippen molar-refractivity contribution in [2.24, 2.45) is 0 Å². The minimum Gasteiger partial charge on any atom is -0.478 e. The fraction of sp³-hybridized carbons (Fsp3) is 0.400. The number of anilines is 2. The second-order valence-electron chi connectivity index (χ2n) is 4.80. The molecule has 0 saturated carbocycles. The minimum absolute atomic E-state index is 0.636. The van der Waals surface area contributed by atoms with Crippen LogP contribution in [0, 0.1) is 0 Å². The van der Waals surface area contributed by atoms with Crippen LogP contribution in [0.4, 0.5) is 11.6 Å². The van der Waals surface area contributed by atoms with Gasteiger partial charge in [-0.05, 0) is 13.0 Å². The highest BCUT2D eigenvalue weighted by Gasteiger charge is 2.19. The first-order valence-corrected chi connectivity index (χ1v) is 7.22. The average Bonchev–Trinajstić information content (AvgIpc) is 2.56. The normalized spacial score (nSPS) is 15.1. The van der Waals surface area contributed by atoms with E-state index < -0.39 is 0 Å². The van der Waals surface area contributed by atoms with Crippen LogP contribution in [0.25, 0.3) is 0 Å². The third-order valence-electron chi connectivity index (χ3n) is 3.48. The Morgan fingerprint density at radius 1 is 1.05 bits per heavy atom. The van der Waals surface area contributed by atoms with Crippen molar-refractivity contribution in [3.8, 4) is 5.88 Å². The summed E-state index contributed by atoms with van der Waals surface area (Å²) < 4.78 is 5.46. The third-order valence-corrected chi connectivity index (χ3v) is 3.48. The summed E-state index contributed by atoms with van der Waals surface area (Å²) in [5.41, 5.74) is 0. The molecule has 0 aliphatic carbocycles. The molecule has 0 bridgehead atoms. The van der Waals surface area contributed by atoms with Crippen molar-refractivity contribution >= 4 is 11.6 Å². The van der Waals surface area contributed by atoms with E-state index in [0.29, 0.717) is 12.5 Å². The van der Waals surface area contributed by atoms with E-state index >= 15 is 0 Å². The van der Waals surface area contributed by atoms with Crippen molar-refractivity contribution in [2.45, 2.75) is 6.92 Å². The van der Waals surface area contributed by atoms with Gasteiger partial charge in [-0.25, -0.2) is 4.98 Å². The molecule has 2 aromatic heterocycles. The van der Waals surface area contributed by atoms with E-state index in [1.165, 1.54) is 0 Å². The Bertz CT molecular complexity index is 569. The maximum Gasteiger partial charge on any atom is 0.215 e. The molecule has 0 aromatic carbocycles. The molecule has 0 unspecified atom stereocenters. The summed E-state index contributed by atoms with van der Waals surface area (Å²) in [7, 11) is 0. The van der Waals surface area contributed by atoms with Gasteiger partial charge in [-0.1, -0.05) is 6.07 Å². The molecule has 1 fully saturated rings. The number of pyridine rings is 1. The smallest absolute Gasteiger partial charge is 0.215 e. The molecule has 110 valence electrons. The van der Waals surface area contributed by atoms with Gasteiger partial charge in [0.2, 0.25) is 5.88 Å². The Labute approximate surface area is 124 Å². The quantitative estimate of drug-likeness (QED) is 0.850. The van der Waals surface area contributed by atoms with Crippen LogP contribution in [0.3, 0.4) is 0 Å². The molecule has 21 heavy (non-hydrogen) atoms. The van der Waals surface area contributed by atoms with Crippen molar-refractivity contribution in [3.05, 3.63) is 36.8 Å². The molecular weight excluding hydrogens is 266 g/mol. The number of aromatic nitrogens is 3. The molecule has 0 amide bonds. The van der Waals surface area contributed by atoms with Gasteiger partial charge in [0, 0.05) is 44.6 Å². The van der Waals surface area contributed by atoms with E-state index in [2.05, 4.69) is 24.8 Å². The number of nitrogens with zero attached hydrogens (tertiary/aromatic N) is 5. The molecule has 3 rings (SSSR count). The maximum absolute atomic E-state index is 5.46. The fourth-order valence-corrected chi connectivity index (χ4v) is 2.43. The van der Waals surface area contributed by atoms with Crippen LogP contribution in [0.5, 0.6) is 5.88 Å². The van der Waals surface area contributed by atoms with Crippen molar-refractivity contribution < 1.29 is 4.74 Å². The van der Waals surface area contributed by atoms with Crippen LogP contribution in [0.1, 0.15) is 6.92 Å². The second-order valence-corrected chi connectivity index (χ2v) is 4.80. The number of hydrogen-bond donors (Lipinski definition) is 0. The monoisotopic (exact) mass is 285 g/mol. The number of hydrogen-bond acceptors (Lipinski definition) is 6. The lowest BCUT2D eigenvalue weighted by Crippen LogP contribution is -2.47. The van der Waals surface area contributed by atoms with Crippen LogP contribution in [-0.2, 0) is 0 Å². The Morgan fingerprint density at radius 3 is 2.48 bits per heavy atom. The number of ether oxygens (including phenoxy) is 1. The highest BCUT2D eigenvalue weighted by molar-refractivity contribution is 5.44. The zero-order chi connectivity index (χ0) is 14.5. The zero-order valence-electron chi connectivity index (χ0n) is 12.1. The maximum atomic E-state index is 5.46. The van der Waals surface area contributed by atoms with Gasteiger partial charge in [-0.2, -0.15) is 4.98 Å². The summed E-state index contributed by atoms with van der Waals surface area (Å²) in [6.07, 6.45) is 5.24. The lowest BCUT2D eigenvalue weighted by atomic mass is 10.3. The van der Waals surface area contributed by atoms with Crippen LogP contribution in [-0.4, -0.2) is 47.7 Å². The number of rotatable bonds is 4. The SMILES string of the molecule is CCOc1cccc(N2CCN(c3cnccn3)CC2)n1. The molecule has 6 heteroatoms. The Hall–Kier alpha value is -2.37. The Balaban J connectivity index is 1.64. The lowest BCUT2D eigenvalue weighted by molar-refractivity contribution is 0.327. The van der Waals surface area contributed by atoms with Crippen LogP contribution >= 0.6 is 0 Å². The largest absolute Gasteiger partial charge is 0.478 e. The first-order chi connectivity index (χ1) is 10.4. The van der Waals surface area contributed by atoms with Gasteiger partial charge in [-0.15, -0.1) is 0 Å². The molecule has 0 N–H and O–H groups in total. The van der Waals surface area contributed by atoms with Gasteiger partial charge in [0.15, 0.2) is 0 Å². The predicted octanol–water partition coefficient (Wildman–Crippen LogP) is 1.60. The standard InChI is InChI=1S/C15H19N5O/c1-2-21-15-5-3-4-13(18-15)19-8-10-20(11-9-19)14-12-16-6-7-17-14/h3-7,12H,2,8-11H2,1H3. The van der Waals surface area contributed by atoms with Gasteiger partial charge in [-0.3, -0.25) is 4.98 Å². The summed E-state index contributed by atoms with van der Waals surface area (Å²) >= 11 is 0. The molecule has 6 nitrogen and oxygen atoms in total. The minimum atomic E-state index is 0.636. The summed E-state index contributed by atoms with van der Waals surface area (Å²) in [6, 6.07) is 5.91. The van der Waals surface area contributed by atoms with Crippen molar-refractivity contribution in [1.82, 2.24) is 15.0 Å². The average molecular weight is 285 g/mol. The first-order valence-electron chi connectivity index (χ1n) is 7.22. The van der Waals surface area contributed by atoms with Crippen LogP contribution in [0.2, 0.25) is 0 Å². The van der Waals surface area contributed by atoms with Gasteiger partial charge >= 0.3 is 0 Å². The molecule has 1 aliphatic rings. The molecule has 0 spiro atoms. The topological polar surface area (TPSA) is 54.4 Å². The summed E-state index contributed by atoms with van der Waals surface area (Å²) in [6.45, 7) is 6.27. The van der Waals surface area contributed by atoms with E-state index in [9.17, 15) is 0 Å². The highest BCUT2D eigenvalue weighted by Crippen LogP contribution is 2.19. The van der Waals surface area contributed by atoms with Gasteiger partial charge < -0.3 is 14.5 Å². The Morgan fingerprint density at radius 2 is 1.81 bits per heavy atom. The zero-order valence-corrected chi connectivity index (χ0v) is 12.1. The predicted molar refractivity (Wildman–Crippen MR) is 81.9 cm³/mol. The van der Waals surface area contributed by atoms with Crippen LogP contribution < -0.4 is 14.5 Å². The van der Waals surface area contributed by atoms with Gasteiger partial charge in [0.25, 0.3) is 0 Å². The molecule has 2 aromatic rings. The van der Waals surface area contributed by atoms with E-state index in [1.54, 1.807) is 12.4 Å². The first kappa shape index (κ1) is 13.6.